The maximum absolute atomic E-state index is 7.00. The molecule has 6 atom stereocenters. The van der Waals surface area contributed by atoms with Crippen molar-refractivity contribution >= 4 is 27.6 Å². The van der Waals surface area contributed by atoms with Crippen molar-refractivity contribution in [2.24, 2.45) is 5.41 Å². The number of likely N-dealkylation sites (tertiary alicyclic amines) is 1. The summed E-state index contributed by atoms with van der Waals surface area (Å²) in [6.07, 6.45) is 7.27. The average Bonchev–Trinajstić information content (AvgIpc) is 3.55. The van der Waals surface area contributed by atoms with Crippen molar-refractivity contribution in [1.29, 1.82) is 0 Å². The van der Waals surface area contributed by atoms with Crippen LogP contribution in [0, 0.1) is 5.41 Å². The quantitative estimate of drug-likeness (QED) is 0.426. The summed E-state index contributed by atoms with van der Waals surface area (Å²) >= 11 is 3.58. The van der Waals surface area contributed by atoms with Gasteiger partial charge in [0.25, 0.3) is 0 Å². The minimum absolute atomic E-state index is 0.148. The Morgan fingerprint density at radius 2 is 2.00 bits per heavy atom. The summed E-state index contributed by atoms with van der Waals surface area (Å²) in [4.78, 5) is 2.54. The minimum atomic E-state index is -0.752. The summed E-state index contributed by atoms with van der Waals surface area (Å²) in [7, 11) is 5.76. The third-order valence-electron chi connectivity index (χ3n) is 10.1. The SMILES string of the molecule is COc1ccc2c3c1O[C@H]1[C@@]4(OC)C=C[C@@]5(C[C@@H]4c4nnc(Nc6ccccc6Br)o4)[C@@H](C2)N(C)CC[C@]315. The smallest absolute Gasteiger partial charge is 0.320 e. The van der Waals surface area contributed by atoms with E-state index in [0.29, 0.717) is 17.9 Å². The third-order valence-corrected chi connectivity index (χ3v) is 10.8. The number of methoxy groups -OCH3 is 2. The first-order valence-electron chi connectivity index (χ1n) is 13.1. The van der Waals surface area contributed by atoms with Crippen LogP contribution in [0.4, 0.5) is 11.7 Å². The van der Waals surface area contributed by atoms with Gasteiger partial charge in [-0.3, -0.25) is 0 Å². The Morgan fingerprint density at radius 1 is 1.13 bits per heavy atom. The molecular weight excluding hydrogens is 548 g/mol. The fraction of sp³-hybridized carbons (Fsp3) is 0.448. The zero-order valence-corrected chi connectivity index (χ0v) is 23.1. The minimum Gasteiger partial charge on any atom is -0.493 e. The number of nitrogens with one attached hydrogen (secondary N) is 1. The molecule has 3 aromatic rings. The first kappa shape index (κ1) is 23.0. The largest absolute Gasteiger partial charge is 0.493 e. The molecule has 0 unspecified atom stereocenters. The molecule has 4 aliphatic carbocycles. The van der Waals surface area contributed by atoms with Crippen LogP contribution < -0.4 is 14.8 Å². The molecule has 1 saturated heterocycles. The molecule has 1 saturated carbocycles. The van der Waals surface area contributed by atoms with Gasteiger partial charge in [0.05, 0.1) is 24.1 Å². The number of likely N-dealkylation sites (N-methyl/N-ethyl adjacent to an activating group) is 1. The zero-order chi connectivity index (χ0) is 25.9. The summed E-state index contributed by atoms with van der Waals surface area (Å²) in [5.74, 6) is 2.08. The van der Waals surface area contributed by atoms with Gasteiger partial charge in [-0.15, -0.1) is 5.10 Å². The monoisotopic (exact) mass is 576 g/mol. The van der Waals surface area contributed by atoms with Crippen molar-refractivity contribution in [2.75, 3.05) is 33.1 Å². The molecule has 1 N–H and O–H groups in total. The average molecular weight is 577 g/mol. The molecule has 196 valence electrons. The molecule has 2 aliphatic heterocycles. The number of halogens is 1. The summed E-state index contributed by atoms with van der Waals surface area (Å²) in [5.41, 5.74) is 2.47. The molecule has 6 aliphatic rings. The van der Waals surface area contributed by atoms with Crippen LogP contribution in [0.25, 0.3) is 0 Å². The van der Waals surface area contributed by atoms with E-state index in [1.54, 1.807) is 14.2 Å². The maximum Gasteiger partial charge on any atom is 0.320 e. The third kappa shape index (κ3) is 2.53. The second-order valence-corrected chi connectivity index (χ2v) is 12.1. The first-order chi connectivity index (χ1) is 18.5. The second-order valence-electron chi connectivity index (χ2n) is 11.3. The lowest BCUT2D eigenvalue weighted by Crippen LogP contribution is -2.78. The highest BCUT2D eigenvalue weighted by molar-refractivity contribution is 9.10. The van der Waals surface area contributed by atoms with E-state index in [1.165, 1.54) is 11.1 Å². The van der Waals surface area contributed by atoms with Crippen LogP contribution in [0.5, 0.6) is 11.5 Å². The molecule has 9 heteroatoms. The number of benzene rings is 2. The van der Waals surface area contributed by atoms with Crippen molar-refractivity contribution in [3.8, 4) is 11.5 Å². The summed E-state index contributed by atoms with van der Waals surface area (Å²) in [6, 6.07) is 12.9. The van der Waals surface area contributed by atoms with Crippen LogP contribution in [-0.4, -0.2) is 60.7 Å². The van der Waals surface area contributed by atoms with Crippen LogP contribution in [0.15, 0.2) is 57.4 Å². The molecule has 0 radical (unpaired) electrons. The maximum atomic E-state index is 7.00. The van der Waals surface area contributed by atoms with Gasteiger partial charge in [0, 0.05) is 28.6 Å². The van der Waals surface area contributed by atoms with Gasteiger partial charge in [0.15, 0.2) is 11.5 Å². The summed E-state index contributed by atoms with van der Waals surface area (Å²) < 4.78 is 26.6. The molecule has 9 rings (SSSR count). The van der Waals surface area contributed by atoms with Crippen LogP contribution in [0.1, 0.15) is 35.8 Å². The molecule has 2 spiro atoms. The normalized spacial score (nSPS) is 35.6. The molecule has 8 nitrogen and oxygen atoms in total. The Hall–Kier alpha value is -2.88. The van der Waals surface area contributed by atoms with Crippen molar-refractivity contribution in [3.05, 3.63) is 70.0 Å². The summed E-state index contributed by atoms with van der Waals surface area (Å²) in [6.45, 7) is 1.02. The topological polar surface area (TPSA) is 81.9 Å². The predicted octanol–water partition coefficient (Wildman–Crippen LogP) is 4.97. The Balaban J connectivity index is 1.28. The van der Waals surface area contributed by atoms with Gasteiger partial charge >= 0.3 is 6.01 Å². The van der Waals surface area contributed by atoms with E-state index in [2.05, 4.69) is 67.7 Å². The number of nitrogens with zero attached hydrogens (tertiary/aromatic N) is 3. The van der Waals surface area contributed by atoms with E-state index < -0.39 is 5.60 Å². The highest BCUT2D eigenvalue weighted by atomic mass is 79.9. The van der Waals surface area contributed by atoms with Crippen LogP contribution in [0.2, 0.25) is 0 Å². The number of hydrogen-bond acceptors (Lipinski definition) is 8. The van der Waals surface area contributed by atoms with Crippen LogP contribution in [-0.2, 0) is 16.6 Å². The highest BCUT2D eigenvalue weighted by Crippen LogP contribution is 2.75. The molecule has 0 amide bonds. The standard InChI is InChI=1S/C29H29BrN4O4/c1-34-13-12-28-22-16-8-9-20(35-2)23(22)37-25(28)29(36-3)11-10-27(28,21(34)14-16)15-17(29)24-32-33-26(38-24)31-19-7-5-4-6-18(19)30/h4-11,17,21,25H,12-15H2,1-3H3,(H,31,33)/t17-,21-,25-,27-,28+,29-/m1/s1. The highest BCUT2D eigenvalue weighted by Gasteiger charge is 2.79. The van der Waals surface area contributed by atoms with Gasteiger partial charge in [-0.1, -0.05) is 35.4 Å². The van der Waals surface area contributed by atoms with Crippen LogP contribution >= 0.6 is 15.9 Å². The van der Waals surface area contributed by atoms with Crippen molar-refractivity contribution in [1.82, 2.24) is 15.1 Å². The molecule has 3 heterocycles. The molecule has 38 heavy (non-hydrogen) atoms. The van der Waals surface area contributed by atoms with Crippen LogP contribution in [0.3, 0.4) is 0 Å². The zero-order valence-electron chi connectivity index (χ0n) is 21.5. The number of rotatable bonds is 5. The molecule has 2 aromatic carbocycles. The number of ether oxygens (including phenoxy) is 3. The number of fused-ring (bicyclic) bond motifs is 1. The molecule has 1 aromatic heterocycles. The Bertz CT molecular complexity index is 1510. The van der Waals surface area contributed by atoms with Gasteiger partial charge in [0.2, 0.25) is 5.89 Å². The Kier molecular flexibility index (Phi) is 4.62. The van der Waals surface area contributed by atoms with Crippen molar-refractivity contribution in [3.63, 3.8) is 0 Å². The van der Waals surface area contributed by atoms with Gasteiger partial charge in [-0.25, -0.2) is 0 Å². The lowest BCUT2D eigenvalue weighted by Gasteiger charge is -2.70. The van der Waals surface area contributed by atoms with E-state index >= 15 is 0 Å². The Morgan fingerprint density at radius 3 is 2.82 bits per heavy atom. The van der Waals surface area contributed by atoms with Crippen molar-refractivity contribution in [2.45, 2.75) is 48.3 Å². The van der Waals surface area contributed by atoms with E-state index in [-0.39, 0.29) is 22.9 Å². The van der Waals surface area contributed by atoms with E-state index in [1.807, 2.05) is 24.3 Å². The van der Waals surface area contributed by atoms with Gasteiger partial charge in [-0.2, -0.15) is 0 Å². The van der Waals surface area contributed by atoms with E-state index in [0.717, 1.165) is 47.5 Å². The van der Waals surface area contributed by atoms with E-state index in [9.17, 15) is 0 Å². The Labute approximate surface area is 229 Å². The van der Waals surface area contributed by atoms with Gasteiger partial charge < -0.3 is 28.8 Å². The first-order valence-corrected chi connectivity index (χ1v) is 13.9. The predicted molar refractivity (Wildman–Crippen MR) is 144 cm³/mol. The molecular formula is C29H29BrN4O4. The second kappa shape index (κ2) is 7.61. The number of hydrogen-bond donors (Lipinski definition) is 1. The molecule has 2 fully saturated rings. The van der Waals surface area contributed by atoms with Gasteiger partial charge in [0.1, 0.15) is 11.7 Å². The number of anilines is 2. The molecule has 4 bridgehead atoms. The number of para-hydroxylation sites is 1. The fourth-order valence-corrected chi connectivity index (χ4v) is 8.97. The lowest BCUT2D eigenvalue weighted by atomic mass is 9.37. The van der Waals surface area contributed by atoms with Gasteiger partial charge in [-0.05, 0) is 72.5 Å². The lowest BCUT2D eigenvalue weighted by molar-refractivity contribution is -0.200. The number of piperidine rings is 1. The number of aromatic nitrogens is 2. The fourth-order valence-electron chi connectivity index (χ4n) is 8.59. The van der Waals surface area contributed by atoms with Crippen molar-refractivity contribution < 1.29 is 18.6 Å². The van der Waals surface area contributed by atoms with E-state index in [4.69, 9.17) is 18.6 Å². The summed E-state index contributed by atoms with van der Waals surface area (Å²) in [5, 5.41) is 12.2.